The number of aryl methyl sites for hydroxylation is 1. The van der Waals surface area contributed by atoms with E-state index in [0.717, 1.165) is 18.2 Å². The zero-order chi connectivity index (χ0) is 12.3. The monoisotopic (exact) mass is 248 g/mol. The third-order valence-electron chi connectivity index (χ3n) is 2.65. The van der Waals surface area contributed by atoms with Gasteiger partial charge >= 0.3 is 0 Å². The number of nitrogens with zero attached hydrogens (tertiary/aromatic N) is 3. The van der Waals surface area contributed by atoms with Crippen molar-refractivity contribution < 1.29 is 0 Å². The van der Waals surface area contributed by atoms with Gasteiger partial charge in [-0.25, -0.2) is 9.97 Å². The highest BCUT2D eigenvalue weighted by Gasteiger charge is 2.07. The molecule has 0 saturated carbocycles. The molecule has 5 heteroatoms. The molecule has 0 saturated heterocycles. The van der Waals surface area contributed by atoms with Crippen molar-refractivity contribution in [2.45, 2.75) is 13.5 Å². The Morgan fingerprint density at radius 2 is 2.24 bits per heavy atom. The van der Waals surface area contributed by atoms with Gasteiger partial charge in [-0.1, -0.05) is 0 Å². The Morgan fingerprint density at radius 3 is 2.88 bits per heavy atom. The van der Waals surface area contributed by atoms with E-state index in [1.54, 1.807) is 17.7 Å². The number of hydrogen-bond acceptors (Lipinski definition) is 5. The second-order valence-electron chi connectivity index (χ2n) is 3.89. The number of thiophene rings is 1. The fourth-order valence-electron chi connectivity index (χ4n) is 1.55. The highest BCUT2D eigenvalue weighted by molar-refractivity contribution is 7.10. The summed E-state index contributed by atoms with van der Waals surface area (Å²) in [5, 5.41) is 5.14. The normalized spacial score (nSPS) is 10.3. The Bertz CT molecular complexity index is 495. The number of aromatic nitrogens is 2. The summed E-state index contributed by atoms with van der Waals surface area (Å²) < 4.78 is 0. The first-order chi connectivity index (χ1) is 8.20. The molecule has 90 valence electrons. The molecule has 0 atom stereocenters. The number of hydrogen-bond donors (Lipinski definition) is 1. The van der Waals surface area contributed by atoms with Crippen LogP contribution in [0.3, 0.4) is 0 Å². The topological polar surface area (TPSA) is 41.0 Å². The third kappa shape index (κ3) is 2.74. The van der Waals surface area contributed by atoms with E-state index >= 15 is 0 Å². The van der Waals surface area contributed by atoms with Crippen LogP contribution in [0.2, 0.25) is 0 Å². The Labute approximate surface area is 105 Å². The van der Waals surface area contributed by atoms with E-state index in [1.165, 1.54) is 10.4 Å². The summed E-state index contributed by atoms with van der Waals surface area (Å²) >= 11 is 1.78. The van der Waals surface area contributed by atoms with Crippen LogP contribution in [-0.2, 0) is 6.54 Å². The van der Waals surface area contributed by atoms with Gasteiger partial charge in [-0.05, 0) is 23.9 Å². The van der Waals surface area contributed by atoms with Gasteiger partial charge in [-0.15, -0.1) is 11.3 Å². The lowest BCUT2D eigenvalue weighted by molar-refractivity contribution is 0.900. The molecule has 0 aromatic carbocycles. The molecule has 0 radical (unpaired) electrons. The van der Waals surface area contributed by atoms with E-state index in [4.69, 9.17) is 0 Å². The van der Waals surface area contributed by atoms with Gasteiger partial charge < -0.3 is 10.2 Å². The predicted octanol–water partition coefficient (Wildman–Crippen LogP) is 2.52. The molecular weight excluding hydrogens is 232 g/mol. The zero-order valence-corrected chi connectivity index (χ0v) is 11.1. The molecule has 2 aromatic heterocycles. The van der Waals surface area contributed by atoms with Gasteiger partial charge in [0.05, 0.1) is 6.54 Å². The van der Waals surface area contributed by atoms with E-state index < -0.39 is 0 Å². The van der Waals surface area contributed by atoms with Crippen LogP contribution in [-0.4, -0.2) is 24.1 Å². The summed E-state index contributed by atoms with van der Waals surface area (Å²) in [7, 11) is 3.90. The maximum atomic E-state index is 4.28. The van der Waals surface area contributed by atoms with Crippen molar-refractivity contribution in [1.29, 1.82) is 0 Å². The maximum Gasteiger partial charge on any atom is 0.134 e. The molecule has 2 heterocycles. The first kappa shape index (κ1) is 11.9. The lowest BCUT2D eigenvalue weighted by Crippen LogP contribution is -2.17. The summed E-state index contributed by atoms with van der Waals surface area (Å²) in [6.07, 6.45) is 1.58. The minimum absolute atomic E-state index is 0.838. The number of nitrogens with one attached hydrogen (secondary N) is 1. The molecule has 1 N–H and O–H groups in total. The maximum absolute atomic E-state index is 4.28. The summed E-state index contributed by atoms with van der Waals surface area (Å²) in [5.41, 5.74) is 1.34. The molecule has 0 unspecified atom stereocenters. The molecule has 0 fully saturated rings. The van der Waals surface area contributed by atoms with Crippen LogP contribution in [0.15, 0.2) is 23.8 Å². The van der Waals surface area contributed by atoms with Crippen LogP contribution in [0.1, 0.15) is 10.4 Å². The number of rotatable bonds is 4. The van der Waals surface area contributed by atoms with Crippen molar-refractivity contribution >= 4 is 23.0 Å². The van der Waals surface area contributed by atoms with Crippen LogP contribution in [0.25, 0.3) is 0 Å². The standard InChI is InChI=1S/C12H16N4S/c1-9-4-5-17-10(9)7-16(3)12-6-11(13-2)14-8-15-12/h4-6,8H,7H2,1-3H3,(H,13,14,15). The first-order valence-electron chi connectivity index (χ1n) is 5.44. The molecule has 2 rings (SSSR count). The van der Waals surface area contributed by atoms with Crippen molar-refractivity contribution in [2.24, 2.45) is 0 Å². The van der Waals surface area contributed by atoms with E-state index in [-0.39, 0.29) is 0 Å². The van der Waals surface area contributed by atoms with Gasteiger partial charge in [0.1, 0.15) is 18.0 Å². The quantitative estimate of drug-likeness (QED) is 0.902. The number of anilines is 2. The lowest BCUT2D eigenvalue weighted by atomic mass is 10.3. The average molecular weight is 248 g/mol. The third-order valence-corrected chi connectivity index (χ3v) is 3.66. The minimum Gasteiger partial charge on any atom is -0.373 e. The zero-order valence-electron chi connectivity index (χ0n) is 10.3. The van der Waals surface area contributed by atoms with Gasteiger partial charge in [0.15, 0.2) is 0 Å². The second-order valence-corrected chi connectivity index (χ2v) is 4.89. The Morgan fingerprint density at radius 1 is 1.41 bits per heavy atom. The average Bonchev–Trinajstić information content (AvgIpc) is 2.75. The van der Waals surface area contributed by atoms with E-state index in [9.17, 15) is 0 Å². The highest BCUT2D eigenvalue weighted by Crippen LogP contribution is 2.20. The lowest BCUT2D eigenvalue weighted by Gasteiger charge is -2.18. The summed E-state index contributed by atoms with van der Waals surface area (Å²) in [6, 6.07) is 4.09. The fraction of sp³-hybridized carbons (Fsp3) is 0.333. The molecule has 0 aliphatic heterocycles. The first-order valence-corrected chi connectivity index (χ1v) is 6.32. The van der Waals surface area contributed by atoms with E-state index in [2.05, 4.69) is 38.6 Å². The van der Waals surface area contributed by atoms with Gasteiger partial charge in [-0.2, -0.15) is 0 Å². The highest BCUT2D eigenvalue weighted by atomic mass is 32.1. The molecule has 0 spiro atoms. The molecule has 4 nitrogen and oxygen atoms in total. The summed E-state index contributed by atoms with van der Waals surface area (Å²) in [6.45, 7) is 3.02. The van der Waals surface area contributed by atoms with Crippen LogP contribution >= 0.6 is 11.3 Å². The van der Waals surface area contributed by atoms with Crippen molar-refractivity contribution in [3.05, 3.63) is 34.3 Å². The van der Waals surface area contributed by atoms with Gasteiger partial charge in [0, 0.05) is 25.0 Å². The van der Waals surface area contributed by atoms with Crippen LogP contribution in [0, 0.1) is 6.92 Å². The predicted molar refractivity (Wildman–Crippen MR) is 72.7 cm³/mol. The summed E-state index contributed by atoms with van der Waals surface area (Å²) in [4.78, 5) is 11.9. The fourth-order valence-corrected chi connectivity index (χ4v) is 2.51. The van der Waals surface area contributed by atoms with Crippen molar-refractivity contribution in [3.8, 4) is 0 Å². The van der Waals surface area contributed by atoms with Crippen LogP contribution in [0.5, 0.6) is 0 Å². The molecule has 0 aliphatic carbocycles. The Hall–Kier alpha value is -1.62. The molecule has 0 aliphatic rings. The molecule has 17 heavy (non-hydrogen) atoms. The van der Waals surface area contributed by atoms with Crippen molar-refractivity contribution in [3.63, 3.8) is 0 Å². The van der Waals surface area contributed by atoms with Gasteiger partial charge in [0.25, 0.3) is 0 Å². The SMILES string of the molecule is CNc1cc(N(C)Cc2sccc2C)ncn1. The molecule has 0 amide bonds. The van der Waals surface area contributed by atoms with Crippen LogP contribution in [0.4, 0.5) is 11.6 Å². The van der Waals surface area contributed by atoms with Crippen molar-refractivity contribution in [2.75, 3.05) is 24.3 Å². The van der Waals surface area contributed by atoms with Crippen LogP contribution < -0.4 is 10.2 Å². The largest absolute Gasteiger partial charge is 0.373 e. The molecule has 2 aromatic rings. The van der Waals surface area contributed by atoms with E-state index in [0.29, 0.717) is 0 Å². The smallest absolute Gasteiger partial charge is 0.134 e. The van der Waals surface area contributed by atoms with Gasteiger partial charge in [0.2, 0.25) is 0 Å². The van der Waals surface area contributed by atoms with E-state index in [1.807, 2.05) is 20.2 Å². The van der Waals surface area contributed by atoms with Crippen molar-refractivity contribution in [1.82, 2.24) is 9.97 Å². The Kier molecular flexibility index (Phi) is 3.58. The molecule has 0 bridgehead atoms. The van der Waals surface area contributed by atoms with Gasteiger partial charge in [-0.3, -0.25) is 0 Å². The minimum atomic E-state index is 0.838. The summed E-state index contributed by atoms with van der Waals surface area (Å²) in [5.74, 6) is 1.77. The second kappa shape index (κ2) is 5.14. The molecular formula is C12H16N4S. The Balaban J connectivity index is 2.14.